The lowest BCUT2D eigenvalue weighted by atomic mass is 10.4. The van der Waals surface area contributed by atoms with Gasteiger partial charge in [-0.25, -0.2) is 39.4 Å². The minimum atomic E-state index is -4.27. The molecule has 0 aromatic rings. The van der Waals surface area contributed by atoms with Crippen molar-refractivity contribution < 1.29 is 107 Å². The van der Waals surface area contributed by atoms with Crippen LogP contribution in [0.1, 0.15) is 0 Å². The molecule has 0 unspecified atom stereocenters. The van der Waals surface area contributed by atoms with Crippen LogP contribution in [0.15, 0.2) is 0 Å². The van der Waals surface area contributed by atoms with Crippen LogP contribution in [-0.2, 0) is 38.1 Å². The minimum absolute atomic E-state index is 0.455. The van der Waals surface area contributed by atoms with Crippen LogP contribution in [0.3, 0.4) is 0 Å². The third-order valence-electron chi connectivity index (χ3n) is 6.92. The van der Waals surface area contributed by atoms with E-state index in [1.54, 1.807) is 0 Å². The van der Waals surface area contributed by atoms with E-state index in [9.17, 15) is 161 Å². The first-order chi connectivity index (χ1) is 30.9. The van der Waals surface area contributed by atoms with Crippen LogP contribution in [0.5, 0.6) is 0 Å². The number of hydrazine groups is 2. The summed E-state index contributed by atoms with van der Waals surface area (Å²) in [6, 6.07) is 0. The molecule has 0 amide bonds. The maximum atomic E-state index is 11.6. The maximum absolute atomic E-state index is 11.6. The zero-order chi connectivity index (χ0) is 54.0. The fraction of sp³-hybridized carbons (Fsp3) is 0.750. The highest BCUT2D eigenvalue weighted by Crippen LogP contribution is 2.17. The molecule has 68 heavy (non-hydrogen) atoms. The summed E-state index contributed by atoms with van der Waals surface area (Å²) in [6.07, 6.45) is 0. The minimum Gasteiger partial charge on any atom is -0.439 e. The Hall–Kier alpha value is -10.9. The molecule has 376 valence electrons. The van der Waals surface area contributed by atoms with E-state index in [2.05, 4.69) is 18.9 Å². The van der Waals surface area contributed by atoms with Gasteiger partial charge in [-0.1, -0.05) is 0 Å². The molecule has 0 rings (SSSR count). The van der Waals surface area contributed by atoms with Gasteiger partial charge in [-0.3, -0.25) is 121 Å². The Morgan fingerprint density at radius 1 is 0.279 bits per heavy atom. The van der Waals surface area contributed by atoms with Crippen molar-refractivity contribution in [3.05, 3.63) is 142 Å². The summed E-state index contributed by atoms with van der Waals surface area (Å²) in [7, 11) is 0. The van der Waals surface area contributed by atoms with Crippen LogP contribution in [0.2, 0.25) is 0 Å². The average molecular weight is 1010 g/mol. The van der Waals surface area contributed by atoms with Crippen molar-refractivity contribution in [2.45, 2.75) is 23.1 Å². The molecule has 0 fully saturated rings. The molecule has 52 heteroatoms. The van der Waals surface area contributed by atoms with Crippen molar-refractivity contribution in [2.24, 2.45) is 0 Å². The van der Waals surface area contributed by atoms with E-state index in [4.69, 9.17) is 0 Å². The first-order valence-electron chi connectivity index (χ1n) is 15.1. The van der Waals surface area contributed by atoms with Crippen LogP contribution in [0.25, 0.3) is 0 Å². The second kappa shape index (κ2) is 23.5. The highest BCUT2D eigenvalue weighted by atomic mass is 16.8. The Morgan fingerprint density at radius 2 is 0.397 bits per heavy atom. The van der Waals surface area contributed by atoms with Gasteiger partial charge in [-0.15, -0.1) is 10.0 Å². The number of hydrogen-bond donors (Lipinski definition) is 0. The first-order valence-corrected chi connectivity index (χ1v) is 15.1. The molecular weight excluding hydrogens is 992 g/mol. The number of carbonyl (C=O) groups excluding carboxylic acids is 4. The number of nitro groups is 14. The first kappa shape index (κ1) is 59.2. The van der Waals surface area contributed by atoms with Gasteiger partial charge in [0.1, 0.15) is 0 Å². The van der Waals surface area contributed by atoms with E-state index in [1.165, 1.54) is 0 Å². The van der Waals surface area contributed by atoms with E-state index in [-0.39, 0.29) is 0 Å². The number of hydrogen-bond acceptors (Lipinski definition) is 36. The lowest BCUT2D eigenvalue weighted by Gasteiger charge is -2.14. The Kier molecular flexibility index (Phi) is 20.5. The van der Waals surface area contributed by atoms with Crippen LogP contribution >= 0.6 is 0 Å². The molecule has 52 nitrogen and oxygen atoms in total. The SMILES string of the molecule is O=C(CN(CC(=O)OCC([N+](=O)[O-])([N+](=O)[O-])[N+](=O)[O-])[N+](=O)[O-])OCC([N+](=O)[O-])([N+](=O)[O-])[N+](=O)[O-].O=C(CN(CC(=O)OCC([N+](=O)[O-])([N+](=O)[O-])[N+](=O)[O-])[N+](=O)[O-])OCC([N+](=O)[O-])([N+](=O)[O-])[N+](=O)[O-]. The zero-order valence-electron chi connectivity index (χ0n) is 31.5. The lowest BCUT2D eigenvalue weighted by molar-refractivity contribution is -0.970. The van der Waals surface area contributed by atoms with Crippen molar-refractivity contribution in [3.63, 3.8) is 0 Å². The number of rotatable bonds is 30. The zero-order valence-corrected chi connectivity index (χ0v) is 31.5. The fourth-order valence-corrected chi connectivity index (χ4v) is 3.26. The van der Waals surface area contributed by atoms with Crippen molar-refractivity contribution >= 4 is 23.9 Å². The van der Waals surface area contributed by atoms with Crippen LogP contribution in [0.4, 0.5) is 0 Å². The largest absolute Gasteiger partial charge is 0.734 e. The van der Waals surface area contributed by atoms with Crippen molar-refractivity contribution in [1.82, 2.24) is 10.0 Å². The highest BCUT2D eigenvalue weighted by molar-refractivity contribution is 5.75. The number of nitrogens with zero attached hydrogens (tertiary/aromatic N) is 16. The van der Waals surface area contributed by atoms with Gasteiger partial charge in [0.25, 0.3) is 0 Å². The quantitative estimate of drug-likeness (QED) is 0.0212. The van der Waals surface area contributed by atoms with Gasteiger partial charge in [0, 0.05) is 0 Å². The topological polar surface area (TPSA) is 716 Å². The molecule has 0 heterocycles. The van der Waals surface area contributed by atoms with Gasteiger partial charge in [-0.05, 0) is 0 Å². The van der Waals surface area contributed by atoms with Gasteiger partial charge >= 0.3 is 73.5 Å². The van der Waals surface area contributed by atoms with E-state index in [0.717, 1.165) is 0 Å². The molecule has 0 aliphatic rings. The summed E-state index contributed by atoms with van der Waals surface area (Å²) < 4.78 is 15.7. The molecular formula is C16H16N16O36. The smallest absolute Gasteiger partial charge is 0.439 e. The fourth-order valence-electron chi connectivity index (χ4n) is 3.26. The summed E-state index contributed by atoms with van der Waals surface area (Å²) in [5, 5.41) is 146. The van der Waals surface area contributed by atoms with Crippen molar-refractivity contribution in [1.29, 1.82) is 0 Å². The lowest BCUT2D eigenvalue weighted by Crippen LogP contribution is -2.57. The summed E-state index contributed by atoms with van der Waals surface area (Å²) in [5.74, 6) is -24.9. The highest BCUT2D eigenvalue weighted by Gasteiger charge is 2.74. The standard InChI is InChI=1S/2C8H8N8O18/c2*17-5(33-3-7(10(19)20,11(21)22)12(23)24)1-9(16(31)32)2-6(18)34-4-8(13(25)26,14(27)28)15(29)30/h2*1-4H2. The van der Waals surface area contributed by atoms with Gasteiger partial charge in [0.15, 0.2) is 95.3 Å². The maximum Gasteiger partial charge on any atom is 0.734 e. The second-order valence-electron chi connectivity index (χ2n) is 10.9. The van der Waals surface area contributed by atoms with Gasteiger partial charge < -0.3 is 18.9 Å². The molecule has 0 saturated heterocycles. The summed E-state index contributed by atoms with van der Waals surface area (Å²) in [4.78, 5) is 172. The third kappa shape index (κ3) is 13.5. The van der Waals surface area contributed by atoms with Gasteiger partial charge in [-0.2, -0.15) is 0 Å². The Balaban J connectivity index is 0. The summed E-state index contributed by atoms with van der Waals surface area (Å²) in [6.45, 7) is -15.3. The van der Waals surface area contributed by atoms with Crippen LogP contribution in [0, 0.1) is 142 Å². The summed E-state index contributed by atoms with van der Waals surface area (Å²) >= 11 is 0. The van der Waals surface area contributed by atoms with E-state index in [1.807, 2.05) is 0 Å². The average Bonchev–Trinajstić information content (AvgIpc) is 3.16. The third-order valence-corrected chi connectivity index (χ3v) is 6.92. The van der Waals surface area contributed by atoms with E-state index >= 15 is 0 Å². The molecule has 0 radical (unpaired) electrons. The van der Waals surface area contributed by atoms with Crippen molar-refractivity contribution in [3.8, 4) is 0 Å². The van der Waals surface area contributed by atoms with Gasteiger partial charge in [0.2, 0.25) is 0 Å². The number of ether oxygens (including phenoxy) is 4. The molecule has 0 atom stereocenters. The van der Waals surface area contributed by atoms with Crippen LogP contribution in [-0.4, -0.2) is 179 Å². The van der Waals surface area contributed by atoms with E-state index in [0.29, 0.717) is 0 Å². The molecule has 0 aromatic carbocycles. The predicted octanol–water partition coefficient (Wildman–Crippen LogP) is -6.93. The Labute approximate surface area is 359 Å². The normalized spacial score (nSPS) is 10.9. The van der Waals surface area contributed by atoms with Gasteiger partial charge in [0.05, 0.1) is 0 Å². The molecule has 0 N–H and O–H groups in total. The Morgan fingerprint density at radius 3 is 0.485 bits per heavy atom. The number of carbonyl (C=O) groups is 4. The van der Waals surface area contributed by atoms with Crippen molar-refractivity contribution in [2.75, 3.05) is 52.6 Å². The molecule has 0 aliphatic heterocycles. The Bertz CT molecular complexity index is 1760. The number of esters is 4. The second-order valence-corrected chi connectivity index (χ2v) is 10.9. The molecule has 0 aliphatic carbocycles. The molecule has 0 bridgehead atoms. The molecule has 0 aromatic heterocycles. The molecule has 0 saturated carbocycles. The summed E-state index contributed by atoms with van der Waals surface area (Å²) in [5.41, 5.74) is 0. The van der Waals surface area contributed by atoms with E-state index < -0.39 is 179 Å². The monoisotopic (exact) mass is 1010 g/mol. The van der Waals surface area contributed by atoms with Crippen LogP contribution < -0.4 is 0 Å². The predicted molar refractivity (Wildman–Crippen MR) is 176 cm³/mol. The molecule has 0 spiro atoms.